The molecule has 1 N–H and O–H groups in total. The number of amides is 1. The fraction of sp³-hybridized carbons (Fsp3) is 0.208. The number of nitrogens with zero attached hydrogens (tertiary/aromatic N) is 1. The van der Waals surface area contributed by atoms with Gasteiger partial charge in [-0.05, 0) is 56.3 Å². The molecular weight excluding hydrogens is 396 g/mol. The molecule has 0 bridgehead atoms. The van der Waals surface area contributed by atoms with Gasteiger partial charge in [0.2, 0.25) is 5.78 Å². The van der Waals surface area contributed by atoms with Crippen LogP contribution < -0.4 is 10.1 Å². The quantitative estimate of drug-likeness (QED) is 0.445. The fourth-order valence-electron chi connectivity index (χ4n) is 2.97. The summed E-state index contributed by atoms with van der Waals surface area (Å²) in [6, 6.07) is 17.6. The van der Waals surface area contributed by atoms with Crippen LogP contribution in [0.2, 0.25) is 0 Å². The minimum absolute atomic E-state index is 0.283. The third-order valence-corrected chi connectivity index (χ3v) is 4.93. The Morgan fingerprint density at radius 3 is 2.19 bits per heavy atom. The maximum atomic E-state index is 12.3. The largest absolute Gasteiger partial charge is 0.457 e. The van der Waals surface area contributed by atoms with Crippen molar-refractivity contribution in [3.63, 3.8) is 0 Å². The van der Waals surface area contributed by atoms with Gasteiger partial charge >= 0.3 is 5.97 Å². The highest BCUT2D eigenvalue weighted by molar-refractivity contribution is 6.00. The molecule has 1 amide bonds. The second-order valence-corrected chi connectivity index (χ2v) is 7.05. The molecule has 7 heteroatoms. The van der Waals surface area contributed by atoms with Crippen molar-refractivity contribution >= 4 is 17.7 Å². The van der Waals surface area contributed by atoms with Gasteiger partial charge in [-0.25, -0.2) is 0 Å². The molecule has 7 nitrogen and oxygen atoms in total. The minimum Gasteiger partial charge on any atom is -0.457 e. The van der Waals surface area contributed by atoms with Gasteiger partial charge in [-0.3, -0.25) is 14.4 Å². The highest BCUT2D eigenvalue weighted by Crippen LogP contribution is 2.21. The molecule has 0 fully saturated rings. The topological polar surface area (TPSA) is 86.6 Å². The van der Waals surface area contributed by atoms with Crippen LogP contribution in [0, 0.1) is 13.8 Å². The number of carbonyl (C=O) groups excluding carboxylic acids is 3. The van der Waals surface area contributed by atoms with Crippen molar-refractivity contribution in [2.45, 2.75) is 13.8 Å². The first kappa shape index (κ1) is 21.8. The van der Waals surface area contributed by atoms with Crippen LogP contribution in [0.4, 0.5) is 0 Å². The van der Waals surface area contributed by atoms with Crippen LogP contribution in [0.5, 0.6) is 11.5 Å². The molecule has 3 aromatic rings. The average molecular weight is 420 g/mol. The van der Waals surface area contributed by atoms with Gasteiger partial charge in [0.1, 0.15) is 18.0 Å². The molecule has 0 unspecified atom stereocenters. The van der Waals surface area contributed by atoms with Crippen LogP contribution >= 0.6 is 0 Å². The number of hydrogen-bond donors (Lipinski definition) is 1. The molecule has 1 aromatic heterocycles. The van der Waals surface area contributed by atoms with Crippen molar-refractivity contribution in [3.05, 3.63) is 83.2 Å². The third-order valence-electron chi connectivity index (χ3n) is 4.93. The van der Waals surface area contributed by atoms with Gasteiger partial charge in [-0.15, -0.1) is 0 Å². The summed E-state index contributed by atoms with van der Waals surface area (Å²) >= 11 is 0. The first-order valence-electron chi connectivity index (χ1n) is 9.78. The number of para-hydroxylation sites is 1. The van der Waals surface area contributed by atoms with E-state index < -0.39 is 11.9 Å². The van der Waals surface area contributed by atoms with Gasteiger partial charge in [0.15, 0.2) is 6.61 Å². The van der Waals surface area contributed by atoms with E-state index in [2.05, 4.69) is 5.32 Å². The number of aromatic nitrogens is 1. The number of hydrogen-bond acceptors (Lipinski definition) is 5. The number of ether oxygens (including phenoxy) is 2. The Hall–Kier alpha value is -3.87. The van der Waals surface area contributed by atoms with Gasteiger partial charge in [-0.1, -0.05) is 18.2 Å². The van der Waals surface area contributed by atoms with Gasteiger partial charge < -0.3 is 19.4 Å². The number of aryl methyl sites for hydroxylation is 1. The van der Waals surface area contributed by atoms with Crippen LogP contribution in [-0.2, 0) is 16.6 Å². The van der Waals surface area contributed by atoms with E-state index in [1.807, 2.05) is 55.8 Å². The Morgan fingerprint density at radius 2 is 1.58 bits per heavy atom. The molecule has 0 radical (unpaired) electrons. The number of nitrogens with one attached hydrogen (secondary N) is 1. The maximum absolute atomic E-state index is 12.3. The van der Waals surface area contributed by atoms with E-state index in [1.165, 1.54) is 0 Å². The standard InChI is InChI=1S/C24H24N2O5/c1-16-13-21(17(2)26(16)3)22(27)15-30-23(28)14-25-24(29)18-9-11-20(12-10-18)31-19-7-5-4-6-8-19/h4-13H,14-15H2,1-3H3,(H,25,29). The van der Waals surface area contributed by atoms with Crippen LogP contribution in [0.25, 0.3) is 0 Å². The predicted molar refractivity (Wildman–Crippen MR) is 115 cm³/mol. The van der Waals surface area contributed by atoms with E-state index in [0.29, 0.717) is 22.6 Å². The monoisotopic (exact) mass is 420 g/mol. The van der Waals surface area contributed by atoms with Crippen molar-refractivity contribution in [2.24, 2.45) is 7.05 Å². The summed E-state index contributed by atoms with van der Waals surface area (Å²) in [7, 11) is 1.86. The second-order valence-electron chi connectivity index (χ2n) is 7.05. The zero-order valence-electron chi connectivity index (χ0n) is 17.7. The Balaban J connectivity index is 1.46. The highest BCUT2D eigenvalue weighted by Gasteiger charge is 2.16. The lowest BCUT2D eigenvalue weighted by atomic mass is 10.1. The number of benzene rings is 2. The molecule has 0 aliphatic rings. The van der Waals surface area contributed by atoms with E-state index in [1.54, 1.807) is 30.3 Å². The van der Waals surface area contributed by atoms with E-state index >= 15 is 0 Å². The zero-order valence-corrected chi connectivity index (χ0v) is 17.7. The van der Waals surface area contributed by atoms with Crippen LogP contribution in [0.3, 0.4) is 0 Å². The number of esters is 1. The molecule has 0 aliphatic heterocycles. The van der Waals surface area contributed by atoms with Crippen LogP contribution in [-0.4, -0.2) is 35.4 Å². The predicted octanol–water partition coefficient (Wildman–Crippen LogP) is 3.59. The first-order chi connectivity index (χ1) is 14.8. The lowest BCUT2D eigenvalue weighted by molar-refractivity contribution is -0.141. The molecule has 0 atom stereocenters. The van der Waals surface area contributed by atoms with E-state index in [-0.39, 0.29) is 18.9 Å². The van der Waals surface area contributed by atoms with Crippen LogP contribution in [0.15, 0.2) is 60.7 Å². The maximum Gasteiger partial charge on any atom is 0.325 e. The van der Waals surface area contributed by atoms with E-state index in [9.17, 15) is 14.4 Å². The van der Waals surface area contributed by atoms with Crippen molar-refractivity contribution in [2.75, 3.05) is 13.2 Å². The Morgan fingerprint density at radius 1 is 0.935 bits per heavy atom. The molecule has 31 heavy (non-hydrogen) atoms. The Kier molecular flexibility index (Phi) is 6.87. The van der Waals surface area contributed by atoms with Gasteiger partial charge in [0.05, 0.1) is 0 Å². The Labute approximate surface area is 180 Å². The molecular formula is C24H24N2O5. The number of Topliss-reactive ketones (excluding diaryl/α,β-unsaturated/α-hetero) is 1. The SMILES string of the molecule is Cc1cc(C(=O)COC(=O)CNC(=O)c2ccc(Oc3ccccc3)cc2)c(C)n1C. The van der Waals surface area contributed by atoms with Crippen molar-refractivity contribution < 1.29 is 23.9 Å². The summed E-state index contributed by atoms with van der Waals surface area (Å²) in [5.41, 5.74) is 2.65. The summed E-state index contributed by atoms with van der Waals surface area (Å²) in [6.45, 7) is 3.02. The molecule has 160 valence electrons. The fourth-order valence-corrected chi connectivity index (χ4v) is 2.97. The van der Waals surface area contributed by atoms with Crippen molar-refractivity contribution in [1.82, 2.24) is 9.88 Å². The smallest absolute Gasteiger partial charge is 0.325 e. The second kappa shape index (κ2) is 9.75. The minimum atomic E-state index is -0.684. The summed E-state index contributed by atoms with van der Waals surface area (Å²) in [4.78, 5) is 36.4. The summed E-state index contributed by atoms with van der Waals surface area (Å²) in [5, 5.41) is 2.49. The molecule has 2 aromatic carbocycles. The first-order valence-corrected chi connectivity index (χ1v) is 9.78. The van der Waals surface area contributed by atoms with Gasteiger partial charge in [-0.2, -0.15) is 0 Å². The normalized spacial score (nSPS) is 10.4. The third kappa shape index (κ3) is 5.60. The molecule has 3 rings (SSSR count). The van der Waals surface area contributed by atoms with Gasteiger partial charge in [0, 0.05) is 29.6 Å². The zero-order chi connectivity index (χ0) is 22.4. The van der Waals surface area contributed by atoms with Crippen LogP contribution in [0.1, 0.15) is 32.1 Å². The molecule has 1 heterocycles. The summed E-state index contributed by atoms with van der Waals surface area (Å²) in [6.07, 6.45) is 0. The van der Waals surface area contributed by atoms with E-state index in [0.717, 1.165) is 11.4 Å². The molecule has 0 saturated heterocycles. The average Bonchev–Trinajstić information content (AvgIpc) is 3.04. The van der Waals surface area contributed by atoms with Gasteiger partial charge in [0.25, 0.3) is 5.91 Å². The molecule has 0 spiro atoms. The highest BCUT2D eigenvalue weighted by atomic mass is 16.5. The van der Waals surface area contributed by atoms with E-state index in [4.69, 9.17) is 9.47 Å². The Bertz CT molecular complexity index is 1090. The summed E-state index contributed by atoms with van der Waals surface area (Å²) < 4.78 is 12.6. The molecule has 0 aliphatic carbocycles. The lowest BCUT2D eigenvalue weighted by Gasteiger charge is -2.08. The lowest BCUT2D eigenvalue weighted by Crippen LogP contribution is -2.31. The van der Waals surface area contributed by atoms with Crippen molar-refractivity contribution in [1.29, 1.82) is 0 Å². The number of ketones is 1. The number of rotatable bonds is 8. The number of carbonyl (C=O) groups is 3. The summed E-state index contributed by atoms with van der Waals surface area (Å²) in [5.74, 6) is -0.111. The molecule has 0 saturated carbocycles. The van der Waals surface area contributed by atoms with Crippen molar-refractivity contribution in [3.8, 4) is 11.5 Å².